The lowest BCUT2D eigenvalue weighted by Crippen LogP contribution is -2.41. The van der Waals surface area contributed by atoms with E-state index in [4.69, 9.17) is 9.47 Å². The molecule has 0 aliphatic heterocycles. The molecule has 0 heterocycles. The van der Waals surface area contributed by atoms with Crippen molar-refractivity contribution in [3.05, 3.63) is 23.8 Å². The third kappa shape index (κ3) is 4.39. The van der Waals surface area contributed by atoms with Gasteiger partial charge in [-0.05, 0) is 63.1 Å². The first-order valence-electron chi connectivity index (χ1n) is 7.87. The number of nitrogens with one attached hydrogen (secondary N) is 1. The van der Waals surface area contributed by atoms with Crippen LogP contribution in [0.1, 0.15) is 51.5 Å². The Hall–Kier alpha value is -1.71. The van der Waals surface area contributed by atoms with Crippen LogP contribution in [0.2, 0.25) is 0 Å². The quantitative estimate of drug-likeness (QED) is 0.875. The van der Waals surface area contributed by atoms with E-state index in [0.717, 1.165) is 17.1 Å². The molecule has 1 aliphatic carbocycles. The van der Waals surface area contributed by atoms with Crippen LogP contribution in [0, 0.1) is 5.92 Å². The van der Waals surface area contributed by atoms with Gasteiger partial charge in [0.2, 0.25) is 5.91 Å². The maximum absolute atomic E-state index is 12.3. The van der Waals surface area contributed by atoms with Crippen LogP contribution in [0.5, 0.6) is 11.5 Å². The Kier molecular flexibility index (Phi) is 4.99. The fourth-order valence-corrected chi connectivity index (χ4v) is 2.81. The highest BCUT2D eigenvalue weighted by Crippen LogP contribution is 2.46. The van der Waals surface area contributed by atoms with Crippen molar-refractivity contribution in [2.45, 2.75) is 51.5 Å². The molecule has 1 N–H and O–H groups in total. The van der Waals surface area contributed by atoms with E-state index in [1.165, 1.54) is 12.8 Å². The molecule has 1 fully saturated rings. The van der Waals surface area contributed by atoms with Crippen LogP contribution in [0.4, 0.5) is 0 Å². The summed E-state index contributed by atoms with van der Waals surface area (Å²) in [5.41, 5.74) is 0.965. The number of carbonyl (C=O) groups is 1. The van der Waals surface area contributed by atoms with Crippen molar-refractivity contribution in [2.75, 3.05) is 14.2 Å². The molecule has 1 aliphatic rings. The lowest BCUT2D eigenvalue weighted by Gasteiger charge is -2.23. The summed E-state index contributed by atoms with van der Waals surface area (Å²) in [6, 6.07) is 5.98. The van der Waals surface area contributed by atoms with Crippen LogP contribution in [-0.4, -0.2) is 25.7 Å². The van der Waals surface area contributed by atoms with Gasteiger partial charge in [-0.15, -0.1) is 0 Å². The van der Waals surface area contributed by atoms with Crippen molar-refractivity contribution in [1.29, 1.82) is 0 Å². The van der Waals surface area contributed by atoms with E-state index >= 15 is 0 Å². The van der Waals surface area contributed by atoms with Crippen LogP contribution >= 0.6 is 0 Å². The molecule has 0 aromatic heterocycles. The molecule has 1 saturated carbocycles. The summed E-state index contributed by atoms with van der Waals surface area (Å²) in [5, 5.41) is 3.06. The second kappa shape index (κ2) is 6.59. The van der Waals surface area contributed by atoms with Gasteiger partial charge in [0.15, 0.2) is 11.5 Å². The van der Waals surface area contributed by atoms with Crippen LogP contribution in [0.3, 0.4) is 0 Å². The van der Waals surface area contributed by atoms with E-state index < -0.39 is 0 Å². The predicted molar refractivity (Wildman–Crippen MR) is 87.5 cm³/mol. The number of hydrogen-bond acceptors (Lipinski definition) is 3. The largest absolute Gasteiger partial charge is 0.493 e. The smallest absolute Gasteiger partial charge is 0.221 e. The summed E-state index contributed by atoms with van der Waals surface area (Å²) in [7, 11) is 3.27. The molecule has 122 valence electrons. The topological polar surface area (TPSA) is 47.6 Å². The van der Waals surface area contributed by atoms with Crippen LogP contribution in [0.15, 0.2) is 18.2 Å². The molecule has 1 amide bonds. The Bertz CT molecular complexity index is 530. The van der Waals surface area contributed by atoms with Crippen LogP contribution in [0.25, 0.3) is 0 Å². The minimum Gasteiger partial charge on any atom is -0.493 e. The number of benzene rings is 1. The maximum atomic E-state index is 12.3. The van der Waals surface area contributed by atoms with Crippen molar-refractivity contribution < 1.29 is 14.3 Å². The molecule has 1 unspecified atom stereocenters. The first-order valence-corrected chi connectivity index (χ1v) is 7.87. The molecule has 22 heavy (non-hydrogen) atoms. The van der Waals surface area contributed by atoms with Crippen molar-refractivity contribution in [1.82, 2.24) is 5.32 Å². The number of carbonyl (C=O) groups excluding carboxylic acids is 1. The zero-order valence-corrected chi connectivity index (χ0v) is 14.2. The Labute approximate surface area is 133 Å². The fraction of sp³-hybridized carbons (Fsp3) is 0.611. The number of rotatable bonds is 6. The Morgan fingerprint density at radius 1 is 1.23 bits per heavy atom. The van der Waals surface area contributed by atoms with E-state index in [1.54, 1.807) is 14.2 Å². The van der Waals surface area contributed by atoms with Crippen molar-refractivity contribution in [3.63, 3.8) is 0 Å². The summed E-state index contributed by atoms with van der Waals surface area (Å²) >= 11 is 0. The number of hydrogen-bond donors (Lipinski definition) is 1. The number of methoxy groups -OCH3 is 2. The Morgan fingerprint density at radius 2 is 1.86 bits per heavy atom. The summed E-state index contributed by atoms with van der Waals surface area (Å²) in [6.45, 7) is 6.02. The molecule has 1 aromatic rings. The third-order valence-electron chi connectivity index (χ3n) is 3.95. The van der Waals surface area contributed by atoms with Gasteiger partial charge in [0, 0.05) is 12.0 Å². The summed E-state index contributed by atoms with van der Waals surface area (Å²) in [5.74, 6) is 2.41. The minimum absolute atomic E-state index is 0.110. The number of ether oxygens (including phenoxy) is 2. The highest BCUT2D eigenvalue weighted by molar-refractivity contribution is 5.77. The zero-order chi connectivity index (χ0) is 16.3. The van der Waals surface area contributed by atoms with E-state index in [2.05, 4.69) is 11.4 Å². The molecular weight excluding hydrogens is 278 g/mol. The van der Waals surface area contributed by atoms with Gasteiger partial charge in [0.1, 0.15) is 0 Å². The van der Waals surface area contributed by atoms with E-state index in [1.807, 2.05) is 32.9 Å². The highest BCUT2D eigenvalue weighted by atomic mass is 16.5. The second-order valence-corrected chi connectivity index (χ2v) is 7.06. The van der Waals surface area contributed by atoms with Gasteiger partial charge < -0.3 is 14.8 Å². The minimum atomic E-state index is -0.192. The SMILES string of the molecule is COc1ccc(C(CC(=O)NC(C)(C)C)C2CC2)cc1OC. The average molecular weight is 305 g/mol. The lowest BCUT2D eigenvalue weighted by molar-refractivity contribution is -0.123. The molecule has 1 atom stereocenters. The summed E-state index contributed by atoms with van der Waals surface area (Å²) in [6.07, 6.45) is 2.92. The molecule has 0 bridgehead atoms. The van der Waals surface area contributed by atoms with Crippen molar-refractivity contribution in [2.24, 2.45) is 5.92 Å². The number of amides is 1. The molecule has 2 rings (SSSR count). The molecule has 4 nitrogen and oxygen atoms in total. The first kappa shape index (κ1) is 16.7. The molecule has 0 radical (unpaired) electrons. The van der Waals surface area contributed by atoms with E-state index in [0.29, 0.717) is 12.3 Å². The van der Waals surface area contributed by atoms with E-state index in [-0.39, 0.29) is 17.4 Å². The maximum Gasteiger partial charge on any atom is 0.221 e. The van der Waals surface area contributed by atoms with Gasteiger partial charge in [-0.2, -0.15) is 0 Å². The Balaban J connectivity index is 2.16. The zero-order valence-electron chi connectivity index (χ0n) is 14.2. The monoisotopic (exact) mass is 305 g/mol. The van der Waals surface area contributed by atoms with Gasteiger partial charge in [-0.25, -0.2) is 0 Å². The molecule has 1 aromatic carbocycles. The van der Waals surface area contributed by atoms with Crippen LogP contribution < -0.4 is 14.8 Å². The second-order valence-electron chi connectivity index (χ2n) is 7.06. The standard InChI is InChI=1S/C18H27NO3/c1-18(2,3)19-17(20)11-14(12-6-7-12)13-8-9-15(21-4)16(10-13)22-5/h8-10,12,14H,6-7,11H2,1-5H3,(H,19,20). The Morgan fingerprint density at radius 3 is 2.36 bits per heavy atom. The van der Waals surface area contributed by atoms with Gasteiger partial charge in [0.25, 0.3) is 0 Å². The lowest BCUT2D eigenvalue weighted by atomic mass is 9.90. The van der Waals surface area contributed by atoms with Gasteiger partial charge in [0.05, 0.1) is 14.2 Å². The van der Waals surface area contributed by atoms with Crippen molar-refractivity contribution in [3.8, 4) is 11.5 Å². The fourth-order valence-electron chi connectivity index (χ4n) is 2.81. The summed E-state index contributed by atoms with van der Waals surface area (Å²) in [4.78, 5) is 12.3. The third-order valence-corrected chi connectivity index (χ3v) is 3.95. The molecule has 0 saturated heterocycles. The average Bonchev–Trinajstić information content (AvgIpc) is 3.26. The first-order chi connectivity index (χ1) is 10.3. The molecule has 0 spiro atoms. The van der Waals surface area contributed by atoms with Gasteiger partial charge >= 0.3 is 0 Å². The molecular formula is C18H27NO3. The molecule has 4 heteroatoms. The predicted octanol–water partition coefficient (Wildman–Crippen LogP) is 3.50. The van der Waals surface area contributed by atoms with Crippen molar-refractivity contribution >= 4 is 5.91 Å². The van der Waals surface area contributed by atoms with Crippen LogP contribution in [-0.2, 0) is 4.79 Å². The van der Waals surface area contributed by atoms with E-state index in [9.17, 15) is 4.79 Å². The highest BCUT2D eigenvalue weighted by Gasteiger charge is 2.34. The van der Waals surface area contributed by atoms with Gasteiger partial charge in [-0.3, -0.25) is 4.79 Å². The van der Waals surface area contributed by atoms with Gasteiger partial charge in [-0.1, -0.05) is 6.07 Å². The summed E-state index contributed by atoms with van der Waals surface area (Å²) < 4.78 is 10.7. The normalized spacial score (nSPS) is 16.0.